The van der Waals surface area contributed by atoms with Gasteiger partial charge in [0.25, 0.3) is 0 Å². The fourth-order valence-corrected chi connectivity index (χ4v) is 1.28. The smallest absolute Gasteiger partial charge is 0.0847 e. The Balaban J connectivity index is 2.55. The van der Waals surface area contributed by atoms with E-state index < -0.39 is 6.10 Å². The van der Waals surface area contributed by atoms with Crippen molar-refractivity contribution < 1.29 is 5.11 Å². The first-order chi connectivity index (χ1) is 6.63. The van der Waals surface area contributed by atoms with E-state index in [0.29, 0.717) is 6.54 Å². The number of alkyl halides is 1. The van der Waals surface area contributed by atoms with E-state index in [1.54, 1.807) is 0 Å². The number of nitrogens with one attached hydrogen (secondary N) is 1. The zero-order valence-corrected chi connectivity index (χ0v) is 9.44. The van der Waals surface area contributed by atoms with Crippen LogP contribution in [0.15, 0.2) is 18.2 Å². The van der Waals surface area contributed by atoms with Crippen LogP contribution in [0.5, 0.6) is 0 Å². The van der Waals surface area contributed by atoms with E-state index in [9.17, 15) is 5.11 Å². The van der Waals surface area contributed by atoms with Gasteiger partial charge in [-0.15, -0.1) is 11.6 Å². The Bertz CT molecular complexity index is 304. The lowest BCUT2D eigenvalue weighted by molar-refractivity contribution is 0.211. The van der Waals surface area contributed by atoms with Crippen molar-refractivity contribution in [2.45, 2.75) is 13.0 Å². The largest absolute Gasteiger partial charge is 0.390 e. The molecule has 2 N–H and O–H groups in total. The van der Waals surface area contributed by atoms with Crippen LogP contribution in [0.1, 0.15) is 5.56 Å². The van der Waals surface area contributed by atoms with Crippen LogP contribution < -0.4 is 5.32 Å². The molecule has 1 unspecified atom stereocenters. The average Bonchev–Trinajstić information content (AvgIpc) is 2.19. The van der Waals surface area contributed by atoms with Crippen molar-refractivity contribution >= 4 is 28.9 Å². The zero-order chi connectivity index (χ0) is 10.6. The van der Waals surface area contributed by atoms with Gasteiger partial charge in [-0.1, -0.05) is 17.7 Å². The standard InChI is InChI=1S/C10H13Cl2NO/c1-7-2-3-8(4-10(7)12)13-6-9(14)5-11/h2-4,9,13-14H,5-6H2,1H3. The van der Waals surface area contributed by atoms with Crippen LogP contribution in [-0.2, 0) is 0 Å². The Morgan fingerprint density at radius 2 is 2.21 bits per heavy atom. The molecule has 1 aromatic carbocycles. The van der Waals surface area contributed by atoms with E-state index in [0.717, 1.165) is 16.3 Å². The Morgan fingerprint density at radius 3 is 2.79 bits per heavy atom. The number of aryl methyl sites for hydroxylation is 1. The summed E-state index contributed by atoms with van der Waals surface area (Å²) < 4.78 is 0. The molecule has 0 fully saturated rings. The molecule has 4 heteroatoms. The lowest BCUT2D eigenvalue weighted by atomic mass is 10.2. The molecule has 0 saturated heterocycles. The fraction of sp³-hybridized carbons (Fsp3) is 0.400. The van der Waals surface area contributed by atoms with E-state index in [-0.39, 0.29) is 5.88 Å². The molecule has 1 rings (SSSR count). The molecule has 1 atom stereocenters. The zero-order valence-electron chi connectivity index (χ0n) is 7.93. The molecule has 0 aliphatic carbocycles. The minimum Gasteiger partial charge on any atom is -0.390 e. The Hall–Kier alpha value is -0.440. The van der Waals surface area contributed by atoms with Crippen LogP contribution in [-0.4, -0.2) is 23.6 Å². The maximum absolute atomic E-state index is 9.22. The molecular weight excluding hydrogens is 221 g/mol. The Morgan fingerprint density at radius 1 is 1.50 bits per heavy atom. The summed E-state index contributed by atoms with van der Waals surface area (Å²) in [6.45, 7) is 2.38. The van der Waals surface area contributed by atoms with Gasteiger partial charge in [0, 0.05) is 17.3 Å². The van der Waals surface area contributed by atoms with Crippen molar-refractivity contribution in [1.82, 2.24) is 0 Å². The molecule has 0 radical (unpaired) electrons. The molecule has 0 aliphatic heterocycles. The van der Waals surface area contributed by atoms with Gasteiger partial charge in [0.1, 0.15) is 0 Å². The highest BCUT2D eigenvalue weighted by Gasteiger charge is 2.02. The van der Waals surface area contributed by atoms with Gasteiger partial charge in [-0.2, -0.15) is 0 Å². The summed E-state index contributed by atoms with van der Waals surface area (Å²) in [5, 5.41) is 13.0. The van der Waals surface area contributed by atoms with Crippen LogP contribution in [0, 0.1) is 6.92 Å². The number of rotatable bonds is 4. The van der Waals surface area contributed by atoms with Crippen molar-refractivity contribution in [1.29, 1.82) is 0 Å². The third-order valence-electron chi connectivity index (χ3n) is 1.89. The van der Waals surface area contributed by atoms with E-state index in [4.69, 9.17) is 23.2 Å². The van der Waals surface area contributed by atoms with E-state index >= 15 is 0 Å². The molecule has 0 aromatic heterocycles. The van der Waals surface area contributed by atoms with Gasteiger partial charge >= 0.3 is 0 Å². The SMILES string of the molecule is Cc1ccc(NCC(O)CCl)cc1Cl. The molecule has 0 aliphatic rings. The number of hydrogen-bond acceptors (Lipinski definition) is 2. The summed E-state index contributed by atoms with van der Waals surface area (Å²) in [5.41, 5.74) is 1.93. The van der Waals surface area contributed by atoms with Gasteiger partial charge in [-0.05, 0) is 24.6 Å². The van der Waals surface area contributed by atoms with Gasteiger partial charge < -0.3 is 10.4 Å². The number of benzene rings is 1. The molecule has 0 saturated carbocycles. The van der Waals surface area contributed by atoms with Gasteiger partial charge in [0.2, 0.25) is 0 Å². The summed E-state index contributed by atoms with van der Waals surface area (Å²) in [4.78, 5) is 0. The van der Waals surface area contributed by atoms with Crippen molar-refractivity contribution in [2.24, 2.45) is 0 Å². The first-order valence-corrected chi connectivity index (χ1v) is 5.29. The minimum absolute atomic E-state index is 0.229. The number of aliphatic hydroxyl groups is 1. The van der Waals surface area contributed by atoms with Crippen molar-refractivity contribution in [3.05, 3.63) is 28.8 Å². The maximum Gasteiger partial charge on any atom is 0.0847 e. The highest BCUT2D eigenvalue weighted by Crippen LogP contribution is 2.19. The second kappa shape index (κ2) is 5.44. The van der Waals surface area contributed by atoms with Crippen LogP contribution in [0.4, 0.5) is 5.69 Å². The molecular formula is C10H13Cl2NO. The van der Waals surface area contributed by atoms with E-state index in [2.05, 4.69) is 5.32 Å². The first kappa shape index (κ1) is 11.6. The second-order valence-corrected chi connectivity index (χ2v) is 3.87. The summed E-state index contributed by atoms with van der Waals surface area (Å²) >= 11 is 11.4. The van der Waals surface area contributed by atoms with Crippen molar-refractivity contribution in [2.75, 3.05) is 17.7 Å². The topological polar surface area (TPSA) is 32.3 Å². The monoisotopic (exact) mass is 233 g/mol. The van der Waals surface area contributed by atoms with Crippen LogP contribution in [0.2, 0.25) is 5.02 Å². The van der Waals surface area contributed by atoms with Crippen LogP contribution in [0.25, 0.3) is 0 Å². The Kier molecular flexibility index (Phi) is 4.52. The van der Waals surface area contributed by atoms with Gasteiger partial charge in [-0.25, -0.2) is 0 Å². The number of halogens is 2. The maximum atomic E-state index is 9.22. The molecule has 14 heavy (non-hydrogen) atoms. The summed E-state index contributed by atoms with van der Waals surface area (Å²) in [5.74, 6) is 0.229. The van der Waals surface area contributed by atoms with Gasteiger partial charge in [-0.3, -0.25) is 0 Å². The fourth-order valence-electron chi connectivity index (χ4n) is 0.993. The second-order valence-electron chi connectivity index (χ2n) is 3.15. The summed E-state index contributed by atoms with van der Waals surface area (Å²) in [6.07, 6.45) is -0.531. The van der Waals surface area contributed by atoms with Gasteiger partial charge in [0.15, 0.2) is 0 Å². The highest BCUT2D eigenvalue weighted by molar-refractivity contribution is 6.31. The number of aliphatic hydroxyl groups excluding tert-OH is 1. The highest BCUT2D eigenvalue weighted by atomic mass is 35.5. The summed E-state index contributed by atoms with van der Waals surface area (Å²) in [6, 6.07) is 5.68. The van der Waals surface area contributed by atoms with Crippen LogP contribution in [0.3, 0.4) is 0 Å². The molecule has 0 spiro atoms. The normalized spacial score (nSPS) is 12.6. The third-order valence-corrected chi connectivity index (χ3v) is 2.66. The van der Waals surface area contributed by atoms with E-state index in [1.165, 1.54) is 0 Å². The van der Waals surface area contributed by atoms with Crippen molar-refractivity contribution in [3.8, 4) is 0 Å². The van der Waals surface area contributed by atoms with Gasteiger partial charge in [0.05, 0.1) is 12.0 Å². The predicted octanol–water partition coefficient (Wildman–Crippen LogP) is 2.66. The molecule has 0 bridgehead atoms. The van der Waals surface area contributed by atoms with E-state index in [1.807, 2.05) is 25.1 Å². The number of hydrogen-bond donors (Lipinski definition) is 2. The Labute approximate surface area is 93.8 Å². The third kappa shape index (κ3) is 3.37. The lowest BCUT2D eigenvalue weighted by Gasteiger charge is -2.10. The van der Waals surface area contributed by atoms with Crippen LogP contribution >= 0.6 is 23.2 Å². The first-order valence-electron chi connectivity index (χ1n) is 4.37. The molecule has 78 valence electrons. The van der Waals surface area contributed by atoms with Crippen molar-refractivity contribution in [3.63, 3.8) is 0 Å². The molecule has 2 nitrogen and oxygen atoms in total. The summed E-state index contributed by atoms with van der Waals surface area (Å²) in [7, 11) is 0. The molecule has 0 heterocycles. The number of anilines is 1. The molecule has 1 aromatic rings. The average molecular weight is 234 g/mol. The predicted molar refractivity (Wildman–Crippen MR) is 61.4 cm³/mol. The lowest BCUT2D eigenvalue weighted by Crippen LogP contribution is -2.20. The quantitative estimate of drug-likeness (QED) is 0.785. The molecule has 0 amide bonds. The minimum atomic E-state index is -0.531.